The molecule has 2 N–H and O–H groups in total. The van der Waals surface area contributed by atoms with Crippen LogP contribution >= 0.6 is 12.4 Å². The van der Waals surface area contributed by atoms with Crippen molar-refractivity contribution in [2.24, 2.45) is 5.90 Å². The molecule has 0 aromatic heterocycles. The fourth-order valence-electron chi connectivity index (χ4n) is 1.36. The molecular formula is C7H17ClN2O. The molecule has 3 nitrogen and oxygen atoms in total. The van der Waals surface area contributed by atoms with Gasteiger partial charge in [0, 0.05) is 6.54 Å². The fraction of sp³-hybridized carbons (Fsp3) is 1.00. The van der Waals surface area contributed by atoms with E-state index in [-0.39, 0.29) is 12.4 Å². The molecule has 0 spiro atoms. The van der Waals surface area contributed by atoms with Crippen molar-refractivity contribution in [1.29, 1.82) is 0 Å². The number of piperidine rings is 1. The summed E-state index contributed by atoms with van der Waals surface area (Å²) in [6, 6.07) is 0. The summed E-state index contributed by atoms with van der Waals surface area (Å²) < 4.78 is 0. The summed E-state index contributed by atoms with van der Waals surface area (Å²) in [5.74, 6) is 4.92. The minimum absolute atomic E-state index is 0. The van der Waals surface area contributed by atoms with Crippen LogP contribution in [0.1, 0.15) is 19.3 Å². The minimum Gasteiger partial charge on any atom is -0.303 e. The molecule has 4 heteroatoms. The summed E-state index contributed by atoms with van der Waals surface area (Å²) in [5, 5.41) is 0. The number of halogens is 1. The highest BCUT2D eigenvalue weighted by Crippen LogP contribution is 2.07. The van der Waals surface area contributed by atoms with Gasteiger partial charge in [0.05, 0.1) is 6.61 Å². The predicted molar refractivity (Wildman–Crippen MR) is 47.7 cm³/mol. The monoisotopic (exact) mass is 180 g/mol. The molecule has 0 amide bonds. The average Bonchev–Trinajstić information content (AvgIpc) is 2.03. The van der Waals surface area contributed by atoms with Crippen LogP contribution in [0.4, 0.5) is 0 Å². The van der Waals surface area contributed by atoms with Crippen molar-refractivity contribution < 1.29 is 4.84 Å². The van der Waals surface area contributed by atoms with Crippen LogP contribution in [0.25, 0.3) is 0 Å². The second-order valence-corrected chi connectivity index (χ2v) is 2.77. The van der Waals surface area contributed by atoms with E-state index in [2.05, 4.69) is 9.74 Å². The Morgan fingerprint density at radius 2 is 1.82 bits per heavy atom. The smallest absolute Gasteiger partial charge is 0.0806 e. The van der Waals surface area contributed by atoms with Crippen molar-refractivity contribution >= 4 is 12.4 Å². The maximum atomic E-state index is 4.92. The van der Waals surface area contributed by atoms with Crippen LogP contribution in [0.15, 0.2) is 0 Å². The number of hydrogen-bond acceptors (Lipinski definition) is 3. The number of rotatable bonds is 3. The molecule has 0 aromatic carbocycles. The van der Waals surface area contributed by atoms with Gasteiger partial charge >= 0.3 is 0 Å². The molecular weight excluding hydrogens is 164 g/mol. The second kappa shape index (κ2) is 6.85. The highest BCUT2D eigenvalue weighted by atomic mass is 35.5. The lowest BCUT2D eigenvalue weighted by atomic mass is 10.1. The summed E-state index contributed by atoms with van der Waals surface area (Å²) in [7, 11) is 0. The third-order valence-corrected chi connectivity index (χ3v) is 1.97. The zero-order valence-electron chi connectivity index (χ0n) is 6.79. The van der Waals surface area contributed by atoms with E-state index in [1.165, 1.54) is 32.4 Å². The Morgan fingerprint density at radius 1 is 1.18 bits per heavy atom. The summed E-state index contributed by atoms with van der Waals surface area (Å²) in [6.07, 6.45) is 4.06. The van der Waals surface area contributed by atoms with Gasteiger partial charge in [-0.3, -0.25) is 0 Å². The van der Waals surface area contributed by atoms with E-state index in [4.69, 9.17) is 5.90 Å². The minimum atomic E-state index is 0. The molecule has 1 fully saturated rings. The first-order valence-electron chi connectivity index (χ1n) is 3.97. The van der Waals surface area contributed by atoms with Crippen LogP contribution in [0, 0.1) is 0 Å². The lowest BCUT2D eigenvalue weighted by molar-refractivity contribution is 0.0979. The summed E-state index contributed by atoms with van der Waals surface area (Å²) >= 11 is 0. The van der Waals surface area contributed by atoms with Gasteiger partial charge in [0.15, 0.2) is 0 Å². The molecule has 1 rings (SSSR count). The van der Waals surface area contributed by atoms with Gasteiger partial charge < -0.3 is 9.74 Å². The van der Waals surface area contributed by atoms with E-state index >= 15 is 0 Å². The molecule has 11 heavy (non-hydrogen) atoms. The average molecular weight is 181 g/mol. The standard InChI is InChI=1S/C7H16N2O.ClH/c8-10-7-6-9-4-2-1-3-5-9;/h1-8H2;1H. The van der Waals surface area contributed by atoms with Gasteiger partial charge in [0.1, 0.15) is 0 Å². The molecule has 0 aliphatic carbocycles. The molecule has 0 radical (unpaired) electrons. The summed E-state index contributed by atoms with van der Waals surface area (Å²) in [5.41, 5.74) is 0. The molecule has 1 saturated heterocycles. The number of nitrogens with two attached hydrogens (primary N) is 1. The second-order valence-electron chi connectivity index (χ2n) is 2.77. The van der Waals surface area contributed by atoms with E-state index in [9.17, 15) is 0 Å². The van der Waals surface area contributed by atoms with Gasteiger partial charge in [0.25, 0.3) is 0 Å². The van der Waals surface area contributed by atoms with Crippen molar-refractivity contribution in [2.45, 2.75) is 19.3 Å². The van der Waals surface area contributed by atoms with Gasteiger partial charge in [-0.2, -0.15) is 0 Å². The maximum Gasteiger partial charge on any atom is 0.0806 e. The molecule has 68 valence electrons. The largest absolute Gasteiger partial charge is 0.303 e. The molecule has 0 aromatic rings. The van der Waals surface area contributed by atoms with Crippen LogP contribution in [0.2, 0.25) is 0 Å². The van der Waals surface area contributed by atoms with Crippen LogP contribution in [-0.4, -0.2) is 31.1 Å². The molecule has 0 atom stereocenters. The Morgan fingerprint density at radius 3 is 2.36 bits per heavy atom. The Bertz CT molecular complexity index is 86.5. The maximum absolute atomic E-state index is 4.92. The Labute approximate surface area is 74.2 Å². The Kier molecular flexibility index (Phi) is 6.96. The summed E-state index contributed by atoms with van der Waals surface area (Å²) in [6.45, 7) is 4.11. The van der Waals surface area contributed by atoms with E-state index < -0.39 is 0 Å². The highest BCUT2D eigenvalue weighted by molar-refractivity contribution is 5.85. The van der Waals surface area contributed by atoms with Crippen molar-refractivity contribution in [1.82, 2.24) is 4.90 Å². The first kappa shape index (κ1) is 11.2. The SMILES string of the molecule is Cl.NOCCN1CCCCC1. The molecule has 0 saturated carbocycles. The molecule has 1 aliphatic rings. The van der Waals surface area contributed by atoms with E-state index in [1.807, 2.05) is 0 Å². The van der Waals surface area contributed by atoms with Crippen LogP contribution in [0.3, 0.4) is 0 Å². The van der Waals surface area contributed by atoms with Gasteiger partial charge in [0.2, 0.25) is 0 Å². The van der Waals surface area contributed by atoms with Crippen molar-refractivity contribution in [3.8, 4) is 0 Å². The third-order valence-electron chi connectivity index (χ3n) is 1.97. The van der Waals surface area contributed by atoms with Crippen LogP contribution < -0.4 is 5.90 Å². The molecule has 0 unspecified atom stereocenters. The molecule has 1 heterocycles. The molecule has 1 aliphatic heterocycles. The lowest BCUT2D eigenvalue weighted by Crippen LogP contribution is -2.33. The number of nitrogens with zero attached hydrogens (tertiary/aromatic N) is 1. The zero-order valence-corrected chi connectivity index (χ0v) is 7.61. The van der Waals surface area contributed by atoms with Gasteiger partial charge in [-0.1, -0.05) is 6.42 Å². The topological polar surface area (TPSA) is 38.5 Å². The Hall–Kier alpha value is 0.170. The van der Waals surface area contributed by atoms with Gasteiger partial charge in [-0.25, -0.2) is 5.90 Å². The molecule has 0 bridgehead atoms. The first-order chi connectivity index (χ1) is 4.93. The highest BCUT2D eigenvalue weighted by Gasteiger charge is 2.08. The van der Waals surface area contributed by atoms with E-state index in [0.717, 1.165) is 6.54 Å². The third kappa shape index (κ3) is 4.58. The number of likely N-dealkylation sites (tertiary alicyclic amines) is 1. The van der Waals surface area contributed by atoms with Crippen LogP contribution in [0.5, 0.6) is 0 Å². The Balaban J connectivity index is 0.000001000. The fourth-order valence-corrected chi connectivity index (χ4v) is 1.36. The zero-order chi connectivity index (χ0) is 7.23. The lowest BCUT2D eigenvalue weighted by Gasteiger charge is -2.25. The first-order valence-corrected chi connectivity index (χ1v) is 3.97. The van der Waals surface area contributed by atoms with E-state index in [0.29, 0.717) is 6.61 Å². The van der Waals surface area contributed by atoms with Gasteiger partial charge in [-0.05, 0) is 25.9 Å². The van der Waals surface area contributed by atoms with Gasteiger partial charge in [-0.15, -0.1) is 12.4 Å². The predicted octanol–water partition coefficient (Wildman–Crippen LogP) is 0.784. The number of hydrogen-bond donors (Lipinski definition) is 1. The van der Waals surface area contributed by atoms with Crippen LogP contribution in [-0.2, 0) is 4.84 Å². The van der Waals surface area contributed by atoms with E-state index in [1.54, 1.807) is 0 Å². The van der Waals surface area contributed by atoms with Crippen molar-refractivity contribution in [3.05, 3.63) is 0 Å². The normalized spacial score (nSPS) is 19.4. The quantitative estimate of drug-likeness (QED) is 0.653. The summed E-state index contributed by atoms with van der Waals surface area (Å²) in [4.78, 5) is 6.90. The van der Waals surface area contributed by atoms with Crippen molar-refractivity contribution in [2.75, 3.05) is 26.2 Å². The van der Waals surface area contributed by atoms with Crippen molar-refractivity contribution in [3.63, 3.8) is 0 Å².